The molecule has 2 aromatic carbocycles. The van der Waals surface area contributed by atoms with Crippen molar-refractivity contribution in [1.82, 2.24) is 14.2 Å². The molecule has 4 aromatic rings. The minimum Gasteiger partial charge on any atom is -0.324 e. The van der Waals surface area contributed by atoms with E-state index in [0.717, 1.165) is 16.5 Å². The summed E-state index contributed by atoms with van der Waals surface area (Å²) in [6.07, 6.45) is 0.456. The van der Waals surface area contributed by atoms with Crippen LogP contribution in [-0.2, 0) is 4.79 Å². The van der Waals surface area contributed by atoms with Crippen LogP contribution in [0.15, 0.2) is 53.3 Å². The quantitative estimate of drug-likeness (QED) is 0.499. The van der Waals surface area contributed by atoms with Gasteiger partial charge in [-0.3, -0.25) is 14.0 Å². The summed E-state index contributed by atoms with van der Waals surface area (Å²) in [5.74, 6) is 0.845. The summed E-state index contributed by atoms with van der Waals surface area (Å²) >= 11 is 0. The molecule has 1 atom stereocenters. The molecule has 4 rings (SSSR count). The fourth-order valence-corrected chi connectivity index (χ4v) is 4.06. The van der Waals surface area contributed by atoms with Crippen molar-refractivity contribution < 1.29 is 4.79 Å². The first-order chi connectivity index (χ1) is 14.8. The summed E-state index contributed by atoms with van der Waals surface area (Å²) in [4.78, 5) is 26.4. The number of hydrogen-bond acceptors (Lipinski definition) is 3. The summed E-state index contributed by atoms with van der Waals surface area (Å²) < 4.78 is 3.19. The molecule has 2 heterocycles. The SMILES string of the molecule is CC[C@H](C(=O)Nc1ccc(C(C)C)cc1)n1nc(C)n2c(cc3cc(C)ccc32)c1=O. The van der Waals surface area contributed by atoms with E-state index >= 15 is 0 Å². The Morgan fingerprint density at radius 3 is 2.39 bits per heavy atom. The normalized spacial score (nSPS) is 12.6. The second-order valence-electron chi connectivity index (χ2n) is 8.41. The molecule has 6 nitrogen and oxygen atoms in total. The maximum Gasteiger partial charge on any atom is 0.291 e. The summed E-state index contributed by atoms with van der Waals surface area (Å²) in [5.41, 5.74) is 4.25. The molecular weight excluding hydrogens is 388 g/mol. The van der Waals surface area contributed by atoms with Crippen LogP contribution in [0.25, 0.3) is 16.4 Å². The van der Waals surface area contributed by atoms with Crippen molar-refractivity contribution in [3.05, 3.63) is 75.8 Å². The van der Waals surface area contributed by atoms with E-state index in [9.17, 15) is 9.59 Å². The van der Waals surface area contributed by atoms with Crippen molar-refractivity contribution in [3.8, 4) is 0 Å². The lowest BCUT2D eigenvalue weighted by atomic mass is 10.0. The zero-order valence-electron chi connectivity index (χ0n) is 18.6. The number of benzene rings is 2. The fourth-order valence-electron chi connectivity index (χ4n) is 4.06. The van der Waals surface area contributed by atoms with Crippen LogP contribution in [0.1, 0.15) is 56.1 Å². The second kappa shape index (κ2) is 8.02. The Hall–Kier alpha value is -3.41. The van der Waals surface area contributed by atoms with Gasteiger partial charge in [0, 0.05) is 11.1 Å². The minimum absolute atomic E-state index is 0.245. The van der Waals surface area contributed by atoms with Gasteiger partial charge < -0.3 is 5.32 Å². The molecule has 1 amide bonds. The molecule has 6 heteroatoms. The highest BCUT2D eigenvalue weighted by Crippen LogP contribution is 2.22. The zero-order chi connectivity index (χ0) is 22.3. The largest absolute Gasteiger partial charge is 0.324 e. The molecule has 0 saturated heterocycles. The Labute approximate surface area is 181 Å². The molecule has 160 valence electrons. The van der Waals surface area contributed by atoms with E-state index in [4.69, 9.17) is 0 Å². The molecule has 31 heavy (non-hydrogen) atoms. The summed E-state index contributed by atoms with van der Waals surface area (Å²) in [7, 11) is 0. The van der Waals surface area contributed by atoms with Crippen LogP contribution in [-0.4, -0.2) is 20.1 Å². The van der Waals surface area contributed by atoms with Crippen molar-refractivity contribution in [2.75, 3.05) is 5.32 Å². The van der Waals surface area contributed by atoms with E-state index in [2.05, 4.69) is 30.3 Å². The highest BCUT2D eigenvalue weighted by molar-refractivity contribution is 5.94. The van der Waals surface area contributed by atoms with E-state index in [0.29, 0.717) is 29.4 Å². The standard InChI is InChI=1S/C25H28N4O2/c1-6-21(24(30)26-20-10-8-18(9-11-20)15(2)3)29-25(31)23-14-19-13-16(4)7-12-22(19)28(23)17(5)27-29/h7-15,21H,6H2,1-5H3,(H,26,30)/t21-/m1/s1. The molecule has 0 aliphatic heterocycles. The Balaban J connectivity index is 1.73. The zero-order valence-corrected chi connectivity index (χ0v) is 18.6. The number of aromatic nitrogens is 3. The van der Waals surface area contributed by atoms with Gasteiger partial charge in [0.05, 0.1) is 5.52 Å². The van der Waals surface area contributed by atoms with Crippen molar-refractivity contribution in [1.29, 1.82) is 0 Å². The van der Waals surface area contributed by atoms with Crippen LogP contribution < -0.4 is 10.9 Å². The maximum atomic E-state index is 13.3. The number of nitrogens with zero attached hydrogens (tertiary/aromatic N) is 3. The van der Waals surface area contributed by atoms with Gasteiger partial charge in [-0.25, -0.2) is 4.68 Å². The average molecular weight is 417 g/mol. The van der Waals surface area contributed by atoms with Crippen molar-refractivity contribution in [3.63, 3.8) is 0 Å². The van der Waals surface area contributed by atoms with Gasteiger partial charge in [0.25, 0.3) is 5.56 Å². The Morgan fingerprint density at radius 2 is 1.74 bits per heavy atom. The maximum absolute atomic E-state index is 13.3. The van der Waals surface area contributed by atoms with Gasteiger partial charge in [-0.2, -0.15) is 5.10 Å². The number of anilines is 1. The van der Waals surface area contributed by atoms with Crippen molar-refractivity contribution in [2.24, 2.45) is 0 Å². The number of carbonyl (C=O) groups is 1. The molecule has 0 unspecified atom stereocenters. The van der Waals surface area contributed by atoms with Gasteiger partial charge >= 0.3 is 0 Å². The predicted octanol–water partition coefficient (Wildman–Crippen LogP) is 4.98. The number of carbonyl (C=O) groups excluding carboxylic acids is 1. The summed E-state index contributed by atoms with van der Waals surface area (Å²) in [6.45, 7) is 10.0. The summed E-state index contributed by atoms with van der Waals surface area (Å²) in [5, 5.41) is 8.45. The van der Waals surface area contributed by atoms with Gasteiger partial charge in [-0.1, -0.05) is 44.5 Å². The molecule has 0 saturated carbocycles. The van der Waals surface area contributed by atoms with Crippen molar-refractivity contribution in [2.45, 2.75) is 53.0 Å². The number of hydrogen-bond donors (Lipinski definition) is 1. The van der Waals surface area contributed by atoms with Crippen LogP contribution in [0, 0.1) is 13.8 Å². The predicted molar refractivity (Wildman–Crippen MR) is 125 cm³/mol. The average Bonchev–Trinajstić information content (AvgIpc) is 3.12. The molecule has 0 spiro atoms. The third kappa shape index (κ3) is 3.74. The topological polar surface area (TPSA) is 68.4 Å². The Kier molecular flexibility index (Phi) is 5.39. The number of rotatable bonds is 5. The monoisotopic (exact) mass is 416 g/mol. The summed E-state index contributed by atoms with van der Waals surface area (Å²) in [6, 6.07) is 15.1. The first-order valence-electron chi connectivity index (χ1n) is 10.7. The van der Waals surface area contributed by atoms with E-state index in [-0.39, 0.29) is 11.5 Å². The Morgan fingerprint density at radius 1 is 1.03 bits per heavy atom. The molecule has 0 bridgehead atoms. The van der Waals surface area contributed by atoms with Gasteiger partial charge in [0.15, 0.2) is 0 Å². The minimum atomic E-state index is -0.694. The van der Waals surface area contributed by atoms with Gasteiger partial charge in [-0.15, -0.1) is 0 Å². The number of fused-ring (bicyclic) bond motifs is 3. The van der Waals surface area contributed by atoms with Gasteiger partial charge in [-0.05, 0) is 62.1 Å². The first-order valence-corrected chi connectivity index (χ1v) is 10.7. The third-order valence-electron chi connectivity index (χ3n) is 5.79. The van der Waals surface area contributed by atoms with E-state index in [1.54, 1.807) is 0 Å². The van der Waals surface area contributed by atoms with Crippen LogP contribution in [0.4, 0.5) is 5.69 Å². The fraction of sp³-hybridized carbons (Fsp3) is 0.320. The lowest BCUT2D eigenvalue weighted by Crippen LogP contribution is -2.36. The van der Waals surface area contributed by atoms with Crippen LogP contribution >= 0.6 is 0 Å². The molecule has 0 fully saturated rings. The van der Waals surface area contributed by atoms with E-state index in [1.807, 2.05) is 67.6 Å². The highest BCUT2D eigenvalue weighted by Gasteiger charge is 2.23. The lowest BCUT2D eigenvalue weighted by Gasteiger charge is -2.18. The highest BCUT2D eigenvalue weighted by atomic mass is 16.2. The second-order valence-corrected chi connectivity index (χ2v) is 8.41. The Bertz CT molecular complexity index is 1330. The van der Waals surface area contributed by atoms with Crippen LogP contribution in [0.3, 0.4) is 0 Å². The molecule has 2 aromatic heterocycles. The number of amides is 1. The molecule has 0 aliphatic carbocycles. The molecule has 0 radical (unpaired) electrons. The van der Waals surface area contributed by atoms with Gasteiger partial charge in [0.1, 0.15) is 17.4 Å². The smallest absolute Gasteiger partial charge is 0.291 e. The van der Waals surface area contributed by atoms with E-state index < -0.39 is 6.04 Å². The number of aryl methyl sites for hydroxylation is 2. The lowest BCUT2D eigenvalue weighted by molar-refractivity contribution is -0.119. The third-order valence-corrected chi connectivity index (χ3v) is 5.79. The van der Waals surface area contributed by atoms with Crippen LogP contribution in [0.5, 0.6) is 0 Å². The molecule has 0 aliphatic rings. The van der Waals surface area contributed by atoms with E-state index in [1.165, 1.54) is 10.2 Å². The molecule has 1 N–H and O–H groups in total. The first kappa shape index (κ1) is 20.8. The van der Waals surface area contributed by atoms with Crippen molar-refractivity contribution >= 4 is 28.0 Å². The molecular formula is C25H28N4O2. The van der Waals surface area contributed by atoms with Gasteiger partial charge in [0.2, 0.25) is 5.91 Å². The van der Waals surface area contributed by atoms with Crippen LogP contribution in [0.2, 0.25) is 0 Å². The number of nitrogens with one attached hydrogen (secondary N) is 1.